The lowest BCUT2D eigenvalue weighted by Gasteiger charge is -2.46. The molecule has 3 unspecified atom stereocenters. The van der Waals surface area contributed by atoms with Crippen molar-refractivity contribution in [3.8, 4) is 34.5 Å². The number of methoxy groups -OCH3 is 6. The standard InChI is InChI=1S/C29H35NO5.2C24H33NO3.C5H4O3/c1-28(2)21-29(15-18-35-28,23-9-6-5-7-10-23)14-16-30(27(31)25-11-8-17-34-25)20-22-12-13-24(32-3)26(19-22)33-4;2*1-23(2)18-24(13-15-28-23,20-8-6-5-7-9-20)12-14-25-17-19-10-11-21(26-3)22(16-19)27-4;6-5(7)4-2-1-3-8-4/h5-13,17,19H,14-16,18,20-21H2,1-4H3;2*5-11,16,25H,12-15,17-18H2,1-4H3;1-3H,(H,6,7). The van der Waals surface area contributed by atoms with Crippen LogP contribution in [0, 0.1) is 0 Å². The number of aromatic carboxylic acids is 1. The summed E-state index contributed by atoms with van der Waals surface area (Å²) < 4.78 is 60.4. The molecule has 0 spiro atoms. The Kier molecular flexibility index (Phi) is 27.7. The fourth-order valence-electron chi connectivity index (χ4n) is 14.5. The summed E-state index contributed by atoms with van der Waals surface area (Å²) >= 11 is 0. The van der Waals surface area contributed by atoms with Crippen molar-refractivity contribution in [2.45, 2.75) is 152 Å². The Balaban J connectivity index is 0.000000180. The van der Waals surface area contributed by atoms with Gasteiger partial charge in [-0.15, -0.1) is 0 Å². The minimum absolute atomic E-state index is 0.0231. The topological polar surface area (TPSA) is 191 Å². The number of furan rings is 2. The minimum atomic E-state index is -1.03. The molecule has 3 aliphatic rings. The summed E-state index contributed by atoms with van der Waals surface area (Å²) in [5, 5.41) is 15.4. The van der Waals surface area contributed by atoms with Gasteiger partial charge in [-0.2, -0.15) is 0 Å². The van der Waals surface area contributed by atoms with E-state index in [1.54, 1.807) is 54.8 Å². The highest BCUT2D eigenvalue weighted by atomic mass is 16.5. The molecule has 17 heteroatoms. The van der Waals surface area contributed by atoms with Crippen molar-refractivity contribution in [3.63, 3.8) is 0 Å². The van der Waals surface area contributed by atoms with E-state index in [0.717, 1.165) is 126 Å². The quantitative estimate of drug-likeness (QED) is 0.0434. The summed E-state index contributed by atoms with van der Waals surface area (Å²) in [4.78, 5) is 25.3. The third-order valence-electron chi connectivity index (χ3n) is 19.2. The Hall–Kier alpha value is -8.58. The SMILES string of the molecule is COc1ccc(CN(CCC2(c3ccccc3)CCOC(C)(C)C2)C(=O)c2ccco2)cc1OC.COc1ccc(CNCCC2(c3ccccc3)CCOC(C)(C)C2)cc1OC.COc1ccc(CNCCC2(c3ccccc3)CCOC(C)(C)C2)cc1OC.O=C(O)c1ccco1. The first-order valence-electron chi connectivity index (χ1n) is 34.3. The predicted octanol–water partition coefficient (Wildman–Crippen LogP) is 16.3. The maximum Gasteiger partial charge on any atom is 0.371 e. The van der Waals surface area contributed by atoms with Gasteiger partial charge in [0.15, 0.2) is 40.3 Å². The van der Waals surface area contributed by atoms with E-state index in [4.69, 9.17) is 52.2 Å². The van der Waals surface area contributed by atoms with Gasteiger partial charge in [0, 0.05) is 62.2 Å². The van der Waals surface area contributed by atoms with Gasteiger partial charge in [0.25, 0.3) is 5.91 Å². The monoisotopic (exact) mass is 1360 g/mol. The van der Waals surface area contributed by atoms with Crippen molar-refractivity contribution in [1.82, 2.24) is 15.5 Å². The Morgan fingerprint density at radius 2 is 0.768 bits per heavy atom. The van der Waals surface area contributed by atoms with Gasteiger partial charge in [0.1, 0.15) is 0 Å². The van der Waals surface area contributed by atoms with E-state index in [-0.39, 0.29) is 44.7 Å². The van der Waals surface area contributed by atoms with Crippen LogP contribution in [0.15, 0.2) is 191 Å². The molecule has 3 atom stereocenters. The Bertz CT molecular complexity index is 3580. The lowest BCUT2D eigenvalue weighted by Crippen LogP contribution is -2.46. The molecule has 6 aromatic carbocycles. The average Bonchev–Trinajstić information content (AvgIpc) is 1.09. The molecule has 0 radical (unpaired) electrons. The maximum absolute atomic E-state index is 13.5. The van der Waals surface area contributed by atoms with E-state index < -0.39 is 5.97 Å². The number of nitrogens with zero attached hydrogens (tertiary/aromatic N) is 1. The second-order valence-electron chi connectivity index (χ2n) is 27.7. The van der Waals surface area contributed by atoms with Crippen LogP contribution in [0.2, 0.25) is 0 Å². The zero-order valence-corrected chi connectivity index (χ0v) is 60.3. The molecule has 0 bridgehead atoms. The van der Waals surface area contributed by atoms with Crippen LogP contribution in [0.4, 0.5) is 0 Å². The highest BCUT2D eigenvalue weighted by molar-refractivity contribution is 5.91. The number of amides is 1. The van der Waals surface area contributed by atoms with Crippen molar-refractivity contribution >= 4 is 11.9 Å². The number of carboxylic acid groups (broad SMARTS) is 1. The molecule has 1 amide bonds. The van der Waals surface area contributed by atoms with Gasteiger partial charge in [-0.05, 0) is 206 Å². The summed E-state index contributed by atoms with van der Waals surface area (Å²) in [6, 6.07) is 56.8. The van der Waals surface area contributed by atoms with Crippen LogP contribution in [0.3, 0.4) is 0 Å². The van der Waals surface area contributed by atoms with E-state index in [9.17, 15) is 9.59 Å². The van der Waals surface area contributed by atoms with Crippen molar-refractivity contribution in [1.29, 1.82) is 0 Å². The molecule has 3 N–H and O–H groups in total. The third kappa shape index (κ3) is 21.5. The molecule has 0 saturated carbocycles. The average molecular weight is 1360 g/mol. The Morgan fingerprint density at radius 3 is 1.09 bits per heavy atom. The van der Waals surface area contributed by atoms with Gasteiger partial charge in [0.2, 0.25) is 5.76 Å². The second-order valence-corrected chi connectivity index (χ2v) is 27.7. The van der Waals surface area contributed by atoms with Crippen LogP contribution in [0.5, 0.6) is 34.5 Å². The zero-order chi connectivity index (χ0) is 70.9. The van der Waals surface area contributed by atoms with E-state index in [1.165, 1.54) is 52.5 Å². The number of nitrogens with one attached hydrogen (secondary N) is 2. The van der Waals surface area contributed by atoms with E-state index >= 15 is 0 Å². The van der Waals surface area contributed by atoms with Crippen LogP contribution in [0.25, 0.3) is 0 Å². The first kappa shape index (κ1) is 76.2. The highest BCUT2D eigenvalue weighted by Crippen LogP contribution is 2.47. The summed E-state index contributed by atoms with van der Waals surface area (Å²) in [5.41, 5.74) is 7.35. The number of carboxylic acids is 1. The lowest BCUT2D eigenvalue weighted by atomic mass is 9.67. The fourth-order valence-corrected chi connectivity index (χ4v) is 14.5. The van der Waals surface area contributed by atoms with Gasteiger partial charge >= 0.3 is 5.97 Å². The third-order valence-corrected chi connectivity index (χ3v) is 19.2. The van der Waals surface area contributed by atoms with E-state index in [1.807, 2.05) is 53.4 Å². The number of rotatable bonds is 26. The molecule has 3 aliphatic heterocycles. The molecule has 0 aliphatic carbocycles. The van der Waals surface area contributed by atoms with Gasteiger partial charge in [0.05, 0.1) is 72.0 Å². The summed E-state index contributed by atoms with van der Waals surface area (Å²) in [5.74, 6) is 3.53. The largest absolute Gasteiger partial charge is 0.493 e. The molecule has 99 heavy (non-hydrogen) atoms. The highest BCUT2D eigenvalue weighted by Gasteiger charge is 2.44. The molecule has 17 nitrogen and oxygen atoms in total. The van der Waals surface area contributed by atoms with E-state index in [2.05, 4.69) is 154 Å². The smallest absolute Gasteiger partial charge is 0.371 e. The predicted molar refractivity (Wildman–Crippen MR) is 387 cm³/mol. The van der Waals surface area contributed by atoms with Gasteiger partial charge in [-0.1, -0.05) is 109 Å². The molecular formula is C82H105N3O14. The van der Waals surface area contributed by atoms with E-state index in [0.29, 0.717) is 37.0 Å². The summed E-state index contributed by atoms with van der Waals surface area (Å²) in [6.07, 6.45) is 11.9. The van der Waals surface area contributed by atoms with Crippen LogP contribution >= 0.6 is 0 Å². The minimum Gasteiger partial charge on any atom is -0.493 e. The zero-order valence-electron chi connectivity index (χ0n) is 60.3. The second kappa shape index (κ2) is 36.0. The van der Waals surface area contributed by atoms with Crippen LogP contribution in [-0.2, 0) is 50.1 Å². The number of hydrogen-bond donors (Lipinski definition) is 3. The number of hydrogen-bond acceptors (Lipinski definition) is 15. The van der Waals surface area contributed by atoms with Crippen molar-refractivity contribution in [3.05, 3.63) is 227 Å². The van der Waals surface area contributed by atoms with Crippen LogP contribution in [0.1, 0.15) is 154 Å². The summed E-state index contributed by atoms with van der Waals surface area (Å²) in [7, 11) is 9.89. The van der Waals surface area contributed by atoms with Gasteiger partial charge in [-0.3, -0.25) is 4.79 Å². The molecule has 11 rings (SSSR count). The number of carbonyl (C=O) groups is 2. The van der Waals surface area contributed by atoms with Gasteiger partial charge in [-0.25, -0.2) is 4.79 Å². The molecule has 532 valence electrons. The van der Waals surface area contributed by atoms with Crippen molar-refractivity contribution in [2.75, 3.05) is 82.1 Å². The molecule has 8 aromatic rings. The fraction of sp³-hybridized carbons (Fsp3) is 0.439. The molecule has 3 fully saturated rings. The van der Waals surface area contributed by atoms with Crippen molar-refractivity contribution < 1.29 is 66.2 Å². The first-order valence-corrected chi connectivity index (χ1v) is 34.3. The number of carbonyl (C=O) groups excluding carboxylic acids is 1. The Labute approximate surface area is 586 Å². The van der Waals surface area contributed by atoms with Crippen molar-refractivity contribution in [2.24, 2.45) is 0 Å². The number of benzene rings is 6. The molecule has 3 saturated heterocycles. The normalized spacial score (nSPS) is 19.6. The van der Waals surface area contributed by atoms with Crippen LogP contribution in [-0.4, -0.2) is 121 Å². The molecule has 5 heterocycles. The number of ether oxygens (including phenoxy) is 9. The summed E-state index contributed by atoms with van der Waals surface area (Å²) in [6.45, 7) is 20.0. The lowest BCUT2D eigenvalue weighted by molar-refractivity contribution is -0.0852. The first-order chi connectivity index (χ1) is 47.6. The molecular weight excluding hydrogens is 1250 g/mol. The van der Waals surface area contributed by atoms with Crippen LogP contribution < -0.4 is 39.1 Å². The maximum atomic E-state index is 13.5. The molecule has 2 aromatic heterocycles. The van der Waals surface area contributed by atoms with Gasteiger partial charge < -0.3 is 72.1 Å². The Morgan fingerprint density at radius 1 is 0.424 bits per heavy atom.